The number of aliphatic hydroxyl groups is 1. The number of hydrogen-bond donors (Lipinski definition) is 1. The molecule has 0 unspecified atom stereocenters. The van der Waals surface area contributed by atoms with Gasteiger partial charge < -0.3 is 5.11 Å². The van der Waals surface area contributed by atoms with E-state index < -0.39 is 0 Å². The zero-order valence-electron chi connectivity index (χ0n) is 8.81. The summed E-state index contributed by atoms with van der Waals surface area (Å²) in [5, 5.41) is 10.6. The average molecular weight is 281 g/mol. The van der Waals surface area contributed by atoms with Crippen molar-refractivity contribution in [3.63, 3.8) is 0 Å². The smallest absolute Gasteiger partial charge is 0.0938 e. The van der Waals surface area contributed by atoms with Crippen molar-refractivity contribution in [2.75, 3.05) is 0 Å². The molecule has 0 aliphatic heterocycles. The highest BCUT2D eigenvalue weighted by atomic mass is 35.5. The first-order chi connectivity index (χ1) is 8.28. The maximum absolute atomic E-state index is 9.32. The molecule has 2 aromatic heterocycles. The Morgan fingerprint density at radius 3 is 2.71 bits per heavy atom. The molecule has 4 heteroatoms. The van der Waals surface area contributed by atoms with Gasteiger partial charge in [0.15, 0.2) is 0 Å². The number of rotatable bonds is 2. The standard InChI is InChI=1S/C13H9ClOS2/c14-13-6-9(12(7-15)17-13)11-5-8-3-1-2-4-10(8)16-11/h1-6,15H,7H2. The molecular formula is C13H9ClOS2. The Morgan fingerprint density at radius 2 is 1.94 bits per heavy atom. The van der Waals surface area contributed by atoms with Crippen molar-refractivity contribution < 1.29 is 5.11 Å². The molecule has 3 aromatic rings. The van der Waals surface area contributed by atoms with E-state index in [0.29, 0.717) is 0 Å². The summed E-state index contributed by atoms with van der Waals surface area (Å²) in [6.07, 6.45) is 0. The van der Waals surface area contributed by atoms with Crippen molar-refractivity contribution in [1.29, 1.82) is 0 Å². The van der Waals surface area contributed by atoms with Gasteiger partial charge in [-0.05, 0) is 23.6 Å². The van der Waals surface area contributed by atoms with Gasteiger partial charge >= 0.3 is 0 Å². The van der Waals surface area contributed by atoms with Crippen molar-refractivity contribution in [2.45, 2.75) is 6.61 Å². The van der Waals surface area contributed by atoms with Crippen LogP contribution in [-0.2, 0) is 6.61 Å². The molecule has 3 rings (SSSR count). The molecule has 1 N–H and O–H groups in total. The van der Waals surface area contributed by atoms with Crippen LogP contribution in [0.5, 0.6) is 0 Å². The van der Waals surface area contributed by atoms with Crippen LogP contribution in [0, 0.1) is 0 Å². The Bertz CT molecular complexity index is 636. The largest absolute Gasteiger partial charge is 0.391 e. The minimum atomic E-state index is 0.0426. The average Bonchev–Trinajstić information content (AvgIpc) is 2.91. The molecule has 0 aliphatic carbocycles. The van der Waals surface area contributed by atoms with E-state index in [4.69, 9.17) is 11.6 Å². The SMILES string of the molecule is OCc1sc(Cl)cc1-c1cc2ccccc2s1. The lowest BCUT2D eigenvalue weighted by Crippen LogP contribution is -1.78. The van der Waals surface area contributed by atoms with Gasteiger partial charge in [-0.25, -0.2) is 0 Å². The van der Waals surface area contributed by atoms with Crippen LogP contribution in [0.15, 0.2) is 36.4 Å². The van der Waals surface area contributed by atoms with Gasteiger partial charge in [0.25, 0.3) is 0 Å². The van der Waals surface area contributed by atoms with Gasteiger partial charge in [-0.1, -0.05) is 29.8 Å². The number of hydrogen-bond acceptors (Lipinski definition) is 3. The van der Waals surface area contributed by atoms with Crippen LogP contribution in [0.2, 0.25) is 4.34 Å². The molecule has 0 spiro atoms. The first-order valence-electron chi connectivity index (χ1n) is 5.16. The number of fused-ring (bicyclic) bond motifs is 1. The van der Waals surface area contributed by atoms with Gasteiger partial charge in [0.05, 0.1) is 10.9 Å². The van der Waals surface area contributed by atoms with Crippen molar-refractivity contribution in [1.82, 2.24) is 0 Å². The van der Waals surface area contributed by atoms with Crippen LogP contribution in [0.3, 0.4) is 0 Å². The Balaban J connectivity index is 2.19. The maximum atomic E-state index is 9.32. The molecule has 0 atom stereocenters. The van der Waals surface area contributed by atoms with E-state index in [-0.39, 0.29) is 6.61 Å². The van der Waals surface area contributed by atoms with Crippen molar-refractivity contribution in [2.24, 2.45) is 0 Å². The Morgan fingerprint density at radius 1 is 1.12 bits per heavy atom. The predicted octanol–water partition coefficient (Wildman–Crippen LogP) is 4.78. The molecule has 17 heavy (non-hydrogen) atoms. The Hall–Kier alpha value is -0.870. The summed E-state index contributed by atoms with van der Waals surface area (Å²) in [4.78, 5) is 2.10. The lowest BCUT2D eigenvalue weighted by Gasteiger charge is -1.95. The predicted molar refractivity (Wildman–Crippen MR) is 76.1 cm³/mol. The summed E-state index contributed by atoms with van der Waals surface area (Å²) in [5.74, 6) is 0. The summed E-state index contributed by atoms with van der Waals surface area (Å²) in [7, 11) is 0. The highest BCUT2D eigenvalue weighted by molar-refractivity contribution is 7.23. The van der Waals surface area contributed by atoms with E-state index in [1.165, 1.54) is 26.3 Å². The van der Waals surface area contributed by atoms with E-state index in [9.17, 15) is 5.11 Å². The number of aliphatic hydroxyl groups excluding tert-OH is 1. The molecule has 0 saturated carbocycles. The summed E-state index contributed by atoms with van der Waals surface area (Å²) in [5.41, 5.74) is 1.06. The van der Waals surface area contributed by atoms with E-state index in [0.717, 1.165) is 14.8 Å². The molecule has 0 aliphatic rings. The topological polar surface area (TPSA) is 20.2 Å². The monoisotopic (exact) mass is 280 g/mol. The third-order valence-corrected chi connectivity index (χ3v) is 5.01. The fourth-order valence-electron chi connectivity index (χ4n) is 1.84. The minimum absolute atomic E-state index is 0.0426. The first kappa shape index (κ1) is 11.2. The fourth-order valence-corrected chi connectivity index (χ4v) is 4.15. The Kier molecular flexibility index (Phi) is 2.92. The van der Waals surface area contributed by atoms with Crippen LogP contribution in [0.4, 0.5) is 0 Å². The summed E-state index contributed by atoms with van der Waals surface area (Å²) in [6.45, 7) is 0.0426. The van der Waals surface area contributed by atoms with Gasteiger partial charge in [-0.3, -0.25) is 0 Å². The highest BCUT2D eigenvalue weighted by Gasteiger charge is 2.11. The summed E-state index contributed by atoms with van der Waals surface area (Å²) >= 11 is 9.18. The second-order valence-electron chi connectivity index (χ2n) is 3.69. The fraction of sp³-hybridized carbons (Fsp3) is 0.0769. The second-order valence-corrected chi connectivity index (χ2v) is 6.55. The van der Waals surface area contributed by atoms with Gasteiger partial charge in [-0.2, -0.15) is 0 Å². The molecule has 0 saturated heterocycles. The lowest BCUT2D eigenvalue weighted by atomic mass is 10.2. The maximum Gasteiger partial charge on any atom is 0.0938 e. The minimum Gasteiger partial charge on any atom is -0.391 e. The molecule has 2 heterocycles. The zero-order chi connectivity index (χ0) is 11.8. The lowest BCUT2D eigenvalue weighted by molar-refractivity contribution is 0.286. The van der Waals surface area contributed by atoms with E-state index in [1.807, 2.05) is 18.2 Å². The third kappa shape index (κ3) is 2.00. The van der Waals surface area contributed by atoms with Crippen molar-refractivity contribution >= 4 is 44.4 Å². The Labute approximate surface area is 112 Å². The van der Waals surface area contributed by atoms with Gasteiger partial charge in [-0.15, -0.1) is 22.7 Å². The molecule has 1 nitrogen and oxygen atoms in total. The molecule has 0 fully saturated rings. The van der Waals surface area contributed by atoms with Gasteiger partial charge in [0.1, 0.15) is 0 Å². The molecule has 0 bridgehead atoms. The second kappa shape index (κ2) is 4.42. The molecule has 1 aromatic carbocycles. The third-order valence-electron chi connectivity index (χ3n) is 2.61. The van der Waals surface area contributed by atoms with Crippen LogP contribution in [0.1, 0.15) is 4.88 Å². The summed E-state index contributed by atoms with van der Waals surface area (Å²) in [6, 6.07) is 12.4. The van der Waals surface area contributed by atoms with Crippen molar-refractivity contribution in [3.05, 3.63) is 45.6 Å². The van der Waals surface area contributed by atoms with E-state index >= 15 is 0 Å². The van der Waals surface area contributed by atoms with E-state index in [1.54, 1.807) is 11.3 Å². The van der Waals surface area contributed by atoms with E-state index in [2.05, 4.69) is 18.2 Å². The molecular weight excluding hydrogens is 272 g/mol. The van der Waals surface area contributed by atoms with Gasteiger partial charge in [0.2, 0.25) is 0 Å². The van der Waals surface area contributed by atoms with Gasteiger partial charge in [0, 0.05) is 20.0 Å². The highest BCUT2D eigenvalue weighted by Crippen LogP contribution is 2.40. The molecule has 0 amide bonds. The van der Waals surface area contributed by atoms with Crippen molar-refractivity contribution in [3.8, 4) is 10.4 Å². The zero-order valence-corrected chi connectivity index (χ0v) is 11.2. The number of thiophene rings is 2. The van der Waals surface area contributed by atoms with Crippen LogP contribution < -0.4 is 0 Å². The number of halogens is 1. The summed E-state index contributed by atoms with van der Waals surface area (Å²) < 4.78 is 1.98. The quantitative estimate of drug-likeness (QED) is 0.716. The van der Waals surface area contributed by atoms with Crippen LogP contribution in [-0.4, -0.2) is 5.11 Å². The molecule has 0 radical (unpaired) electrons. The van der Waals surface area contributed by atoms with Crippen LogP contribution >= 0.6 is 34.3 Å². The number of benzene rings is 1. The normalized spacial score (nSPS) is 11.2. The molecule has 86 valence electrons. The van der Waals surface area contributed by atoms with Crippen LogP contribution in [0.25, 0.3) is 20.5 Å². The first-order valence-corrected chi connectivity index (χ1v) is 7.17.